The van der Waals surface area contributed by atoms with Crippen LogP contribution in [0, 0.1) is 5.82 Å². The number of halogens is 1. The monoisotopic (exact) mass is 423 g/mol. The fraction of sp³-hybridized carbons (Fsp3) is 0.174. The van der Waals surface area contributed by atoms with Crippen molar-refractivity contribution in [2.24, 2.45) is 0 Å². The van der Waals surface area contributed by atoms with Crippen molar-refractivity contribution in [2.45, 2.75) is 6.54 Å². The van der Waals surface area contributed by atoms with Crippen molar-refractivity contribution in [3.05, 3.63) is 83.8 Å². The van der Waals surface area contributed by atoms with Gasteiger partial charge in [-0.25, -0.2) is 9.37 Å². The van der Waals surface area contributed by atoms with Crippen molar-refractivity contribution in [1.82, 2.24) is 15.2 Å². The molecule has 0 atom stereocenters. The fourth-order valence-corrected chi connectivity index (χ4v) is 2.48. The van der Waals surface area contributed by atoms with Crippen LogP contribution in [0.5, 0.6) is 17.4 Å². The largest absolute Gasteiger partial charge is 0.484 e. The highest BCUT2D eigenvalue weighted by molar-refractivity contribution is 5.94. The van der Waals surface area contributed by atoms with E-state index in [9.17, 15) is 14.0 Å². The van der Waals surface area contributed by atoms with E-state index >= 15 is 0 Å². The summed E-state index contributed by atoms with van der Waals surface area (Å²) in [6, 6.07) is 15.7. The molecule has 1 N–H and O–H groups in total. The van der Waals surface area contributed by atoms with Crippen LogP contribution in [-0.4, -0.2) is 42.4 Å². The third-order valence-corrected chi connectivity index (χ3v) is 4.24. The van der Waals surface area contributed by atoms with E-state index in [1.165, 1.54) is 29.2 Å². The predicted molar refractivity (Wildman–Crippen MR) is 113 cm³/mol. The Morgan fingerprint density at radius 2 is 1.81 bits per heavy atom. The van der Waals surface area contributed by atoms with Gasteiger partial charge in [-0.1, -0.05) is 12.1 Å². The van der Waals surface area contributed by atoms with Gasteiger partial charge in [0.15, 0.2) is 6.61 Å². The standard InChI is InChI=1S/C23H22FN3O4/c1-27(2)22(28)15-30-20-5-3-4-17(12-20)23(29)26-14-16-6-11-21(25-13-16)31-19-9-7-18(24)8-10-19/h3-13H,14-15H2,1-2H3,(H,26,29). The number of carbonyl (C=O) groups excluding carboxylic acids is 2. The van der Waals surface area contributed by atoms with Gasteiger partial charge in [0, 0.05) is 38.5 Å². The lowest BCUT2D eigenvalue weighted by Gasteiger charge is -2.12. The van der Waals surface area contributed by atoms with E-state index in [1.807, 2.05) is 0 Å². The molecule has 2 amide bonds. The minimum Gasteiger partial charge on any atom is -0.484 e. The highest BCUT2D eigenvalue weighted by Gasteiger charge is 2.09. The van der Waals surface area contributed by atoms with Crippen LogP contribution < -0.4 is 14.8 Å². The highest BCUT2D eigenvalue weighted by Crippen LogP contribution is 2.19. The first-order valence-electron chi connectivity index (χ1n) is 9.50. The molecular formula is C23H22FN3O4. The number of ether oxygens (including phenoxy) is 2. The van der Waals surface area contributed by atoms with Gasteiger partial charge >= 0.3 is 0 Å². The van der Waals surface area contributed by atoms with Gasteiger partial charge in [-0.2, -0.15) is 0 Å². The van der Waals surface area contributed by atoms with Gasteiger partial charge in [0.25, 0.3) is 11.8 Å². The summed E-state index contributed by atoms with van der Waals surface area (Å²) in [5, 5.41) is 2.81. The van der Waals surface area contributed by atoms with Crippen molar-refractivity contribution in [2.75, 3.05) is 20.7 Å². The van der Waals surface area contributed by atoms with Crippen molar-refractivity contribution < 1.29 is 23.5 Å². The first-order valence-corrected chi connectivity index (χ1v) is 9.50. The van der Waals surface area contributed by atoms with Crippen LogP contribution in [0.15, 0.2) is 66.9 Å². The molecule has 160 valence electrons. The van der Waals surface area contributed by atoms with Crippen molar-refractivity contribution in [3.8, 4) is 17.4 Å². The zero-order chi connectivity index (χ0) is 22.2. The summed E-state index contributed by atoms with van der Waals surface area (Å²) in [7, 11) is 3.29. The predicted octanol–water partition coefficient (Wildman–Crippen LogP) is 3.41. The highest BCUT2D eigenvalue weighted by atomic mass is 19.1. The second-order valence-corrected chi connectivity index (χ2v) is 6.85. The zero-order valence-corrected chi connectivity index (χ0v) is 17.2. The lowest BCUT2D eigenvalue weighted by Crippen LogP contribution is -2.27. The van der Waals surface area contributed by atoms with Crippen LogP contribution in [-0.2, 0) is 11.3 Å². The average molecular weight is 423 g/mol. The number of rotatable bonds is 8. The quantitative estimate of drug-likeness (QED) is 0.601. The van der Waals surface area contributed by atoms with E-state index in [2.05, 4.69) is 10.3 Å². The number of hydrogen-bond donors (Lipinski definition) is 1. The van der Waals surface area contributed by atoms with Gasteiger partial charge in [0.05, 0.1) is 0 Å². The molecule has 7 nitrogen and oxygen atoms in total. The molecule has 0 bridgehead atoms. The molecule has 0 radical (unpaired) electrons. The summed E-state index contributed by atoms with van der Waals surface area (Å²) < 4.78 is 23.9. The Bertz CT molecular complexity index is 1040. The summed E-state index contributed by atoms with van der Waals surface area (Å²) in [4.78, 5) is 29.7. The Morgan fingerprint density at radius 1 is 1.03 bits per heavy atom. The van der Waals surface area contributed by atoms with Gasteiger partial charge < -0.3 is 19.7 Å². The van der Waals surface area contributed by atoms with Gasteiger partial charge in [0.1, 0.15) is 17.3 Å². The Kier molecular flexibility index (Phi) is 7.16. The first-order chi connectivity index (χ1) is 14.9. The van der Waals surface area contributed by atoms with Crippen LogP contribution in [0.4, 0.5) is 4.39 Å². The average Bonchev–Trinajstić information content (AvgIpc) is 2.78. The molecule has 0 saturated heterocycles. The van der Waals surface area contributed by atoms with Crippen LogP contribution in [0.1, 0.15) is 15.9 Å². The maximum absolute atomic E-state index is 12.9. The molecule has 1 aromatic heterocycles. The Balaban J connectivity index is 1.52. The van der Waals surface area contributed by atoms with Crippen molar-refractivity contribution >= 4 is 11.8 Å². The normalized spacial score (nSPS) is 10.3. The van der Waals surface area contributed by atoms with Gasteiger partial charge in [-0.15, -0.1) is 0 Å². The van der Waals surface area contributed by atoms with Gasteiger partial charge in [-0.3, -0.25) is 9.59 Å². The molecule has 2 aromatic carbocycles. The van der Waals surface area contributed by atoms with E-state index in [1.54, 1.807) is 56.7 Å². The molecular weight excluding hydrogens is 401 g/mol. The summed E-state index contributed by atoms with van der Waals surface area (Å²) in [6.45, 7) is 0.170. The smallest absolute Gasteiger partial charge is 0.259 e. The lowest BCUT2D eigenvalue weighted by molar-refractivity contribution is -0.130. The number of likely N-dealkylation sites (N-methyl/N-ethyl adjacent to an activating group) is 1. The molecule has 3 aromatic rings. The van der Waals surface area contributed by atoms with Crippen molar-refractivity contribution in [3.63, 3.8) is 0 Å². The number of carbonyl (C=O) groups is 2. The lowest BCUT2D eigenvalue weighted by atomic mass is 10.2. The molecule has 1 heterocycles. The third-order valence-electron chi connectivity index (χ3n) is 4.24. The number of hydrogen-bond acceptors (Lipinski definition) is 5. The fourth-order valence-electron chi connectivity index (χ4n) is 2.48. The second-order valence-electron chi connectivity index (χ2n) is 6.85. The van der Waals surface area contributed by atoms with Gasteiger partial charge in [0.2, 0.25) is 5.88 Å². The number of amides is 2. The molecule has 8 heteroatoms. The molecule has 0 aliphatic carbocycles. The summed E-state index contributed by atoms with van der Waals surface area (Å²) >= 11 is 0. The number of aromatic nitrogens is 1. The van der Waals surface area contributed by atoms with Crippen LogP contribution in [0.25, 0.3) is 0 Å². The van der Waals surface area contributed by atoms with Crippen LogP contribution in [0.2, 0.25) is 0 Å². The number of benzene rings is 2. The van der Waals surface area contributed by atoms with Crippen molar-refractivity contribution in [1.29, 1.82) is 0 Å². The summed E-state index contributed by atoms with van der Waals surface area (Å²) in [5.74, 6) is 0.478. The minimum absolute atomic E-state index is 0.101. The van der Waals surface area contributed by atoms with E-state index in [0.717, 1.165) is 5.56 Å². The Labute approximate surface area is 179 Å². The maximum Gasteiger partial charge on any atom is 0.259 e. The number of pyridine rings is 1. The molecule has 0 saturated carbocycles. The first kappa shape index (κ1) is 21.8. The number of nitrogens with one attached hydrogen (secondary N) is 1. The van der Waals surface area contributed by atoms with Crippen LogP contribution >= 0.6 is 0 Å². The Hall–Kier alpha value is -3.94. The maximum atomic E-state index is 12.9. The molecule has 0 fully saturated rings. The molecule has 0 aliphatic rings. The zero-order valence-electron chi connectivity index (χ0n) is 17.2. The third kappa shape index (κ3) is 6.53. The Morgan fingerprint density at radius 3 is 2.48 bits per heavy atom. The van der Waals surface area contributed by atoms with E-state index in [-0.39, 0.29) is 30.8 Å². The number of nitrogens with zero attached hydrogens (tertiary/aromatic N) is 2. The molecule has 3 rings (SSSR count). The summed E-state index contributed by atoms with van der Waals surface area (Å²) in [6.07, 6.45) is 1.59. The summed E-state index contributed by atoms with van der Waals surface area (Å²) in [5.41, 5.74) is 1.20. The van der Waals surface area contributed by atoms with Gasteiger partial charge in [-0.05, 0) is 48.0 Å². The second kappa shape index (κ2) is 10.2. The van der Waals surface area contributed by atoms with E-state index in [4.69, 9.17) is 9.47 Å². The molecule has 0 unspecified atom stereocenters. The topological polar surface area (TPSA) is 80.8 Å². The molecule has 31 heavy (non-hydrogen) atoms. The van der Waals surface area contributed by atoms with E-state index < -0.39 is 0 Å². The minimum atomic E-state index is -0.342. The van der Waals surface area contributed by atoms with Crippen LogP contribution in [0.3, 0.4) is 0 Å². The van der Waals surface area contributed by atoms with E-state index in [0.29, 0.717) is 22.9 Å². The molecule has 0 aliphatic heterocycles. The SMILES string of the molecule is CN(C)C(=O)COc1cccc(C(=O)NCc2ccc(Oc3ccc(F)cc3)nc2)c1. The molecule has 0 spiro atoms.